The molecule has 132 valence electrons. The highest BCUT2D eigenvalue weighted by atomic mass is 32.2. The fourth-order valence-electron chi connectivity index (χ4n) is 2.33. The van der Waals surface area contributed by atoms with Crippen molar-refractivity contribution in [2.45, 2.75) is 72.1 Å². The van der Waals surface area contributed by atoms with Crippen molar-refractivity contribution in [2.24, 2.45) is 0 Å². The molecule has 2 atom stereocenters. The number of carbonyl (C=O) groups is 1. The average Bonchev–Trinajstić information content (AvgIpc) is 2.92. The Morgan fingerprint density at radius 2 is 2.13 bits per heavy atom. The Morgan fingerprint density at radius 3 is 2.70 bits per heavy atom. The first-order chi connectivity index (χ1) is 10.8. The first-order valence-corrected chi connectivity index (χ1v) is 9.52. The summed E-state index contributed by atoms with van der Waals surface area (Å²) in [7, 11) is 0. The summed E-state index contributed by atoms with van der Waals surface area (Å²) in [4.78, 5) is 16.3. The van der Waals surface area contributed by atoms with Crippen molar-refractivity contribution in [3.05, 3.63) is 18.2 Å². The van der Waals surface area contributed by atoms with E-state index in [1.165, 1.54) is 0 Å². The summed E-state index contributed by atoms with van der Waals surface area (Å²) in [5, 5.41) is 2.96. The largest absolute Gasteiger partial charge is 0.444 e. The number of nitrogens with one attached hydrogen (secondary N) is 1. The maximum absolute atomic E-state index is 12.0. The molecule has 0 saturated heterocycles. The van der Waals surface area contributed by atoms with E-state index in [1.807, 2.05) is 45.1 Å². The Balaban J connectivity index is 2.75. The predicted octanol–water partition coefficient (Wildman–Crippen LogP) is 4.56. The average molecular weight is 342 g/mol. The van der Waals surface area contributed by atoms with Crippen LogP contribution in [0.5, 0.6) is 0 Å². The Morgan fingerprint density at radius 1 is 1.43 bits per heavy atom. The molecule has 6 heteroatoms. The molecule has 1 aromatic heterocycles. The van der Waals surface area contributed by atoms with E-state index in [0.29, 0.717) is 6.04 Å². The molecule has 0 aliphatic rings. The van der Waals surface area contributed by atoms with E-state index in [-0.39, 0.29) is 12.1 Å². The van der Waals surface area contributed by atoms with Crippen molar-refractivity contribution in [3.63, 3.8) is 0 Å². The van der Waals surface area contributed by atoms with Crippen molar-refractivity contribution >= 4 is 17.9 Å². The Bertz CT molecular complexity index is 482. The molecule has 1 unspecified atom stereocenters. The summed E-state index contributed by atoms with van der Waals surface area (Å²) in [6.45, 7) is 12.0. The standard InChI is InChI=1S/C17H31N3O2S/c1-7-14(19-16(21)22-17(4,5)6)15-11-18-12-20(15)13(3)9-10-23-8-2/h11-14H,7-10H2,1-6H3,(H,19,21)/t13?,14-/m1/s1. The highest BCUT2D eigenvalue weighted by molar-refractivity contribution is 7.99. The van der Waals surface area contributed by atoms with Gasteiger partial charge in [0.1, 0.15) is 5.60 Å². The number of amides is 1. The molecule has 1 N–H and O–H groups in total. The van der Waals surface area contributed by atoms with Gasteiger partial charge in [-0.3, -0.25) is 0 Å². The van der Waals surface area contributed by atoms with Crippen LogP contribution in [0.1, 0.15) is 72.2 Å². The first-order valence-electron chi connectivity index (χ1n) is 8.37. The van der Waals surface area contributed by atoms with E-state index in [1.54, 1.807) is 0 Å². The molecule has 0 fully saturated rings. The molecule has 1 amide bonds. The minimum Gasteiger partial charge on any atom is -0.444 e. The lowest BCUT2D eigenvalue weighted by molar-refractivity contribution is 0.0499. The quantitative estimate of drug-likeness (QED) is 0.704. The molecule has 0 aliphatic heterocycles. The monoisotopic (exact) mass is 341 g/mol. The fourth-order valence-corrected chi connectivity index (χ4v) is 3.12. The van der Waals surface area contributed by atoms with Gasteiger partial charge in [-0.2, -0.15) is 11.8 Å². The number of carbonyl (C=O) groups excluding carboxylic acids is 1. The number of hydrogen-bond acceptors (Lipinski definition) is 4. The zero-order chi connectivity index (χ0) is 17.5. The Kier molecular flexibility index (Phi) is 7.95. The SMILES string of the molecule is CCSCCC(C)n1cncc1[C@@H](CC)NC(=O)OC(C)(C)C. The van der Waals surface area contributed by atoms with Gasteiger partial charge in [0.2, 0.25) is 0 Å². The highest BCUT2D eigenvalue weighted by Crippen LogP contribution is 2.23. The number of ether oxygens (including phenoxy) is 1. The van der Waals surface area contributed by atoms with Gasteiger partial charge in [0, 0.05) is 6.04 Å². The number of aromatic nitrogens is 2. The lowest BCUT2D eigenvalue weighted by Gasteiger charge is -2.25. The number of hydrogen-bond donors (Lipinski definition) is 1. The summed E-state index contributed by atoms with van der Waals surface area (Å²) >= 11 is 1.95. The van der Waals surface area contributed by atoms with E-state index in [0.717, 1.165) is 30.0 Å². The number of imidazole rings is 1. The number of thioether (sulfide) groups is 1. The number of rotatable bonds is 8. The lowest BCUT2D eigenvalue weighted by Crippen LogP contribution is -2.35. The van der Waals surface area contributed by atoms with Crippen LogP contribution in [0.2, 0.25) is 0 Å². The topological polar surface area (TPSA) is 56.2 Å². The lowest BCUT2D eigenvalue weighted by atomic mass is 10.1. The molecule has 0 bridgehead atoms. The third-order valence-corrected chi connectivity index (χ3v) is 4.44. The smallest absolute Gasteiger partial charge is 0.408 e. The first kappa shape index (κ1) is 19.9. The van der Waals surface area contributed by atoms with Crippen LogP contribution in [0, 0.1) is 0 Å². The summed E-state index contributed by atoms with van der Waals surface area (Å²) in [6.07, 6.45) is 5.20. The van der Waals surface area contributed by atoms with Crippen LogP contribution in [-0.2, 0) is 4.74 Å². The van der Waals surface area contributed by atoms with E-state index in [4.69, 9.17) is 4.74 Å². The Hall–Kier alpha value is -1.17. The van der Waals surface area contributed by atoms with Gasteiger partial charge in [0.05, 0.1) is 24.3 Å². The second kappa shape index (κ2) is 9.21. The maximum Gasteiger partial charge on any atom is 0.408 e. The van der Waals surface area contributed by atoms with Crippen LogP contribution in [0.3, 0.4) is 0 Å². The molecule has 0 spiro atoms. The molecule has 23 heavy (non-hydrogen) atoms. The van der Waals surface area contributed by atoms with E-state index in [2.05, 4.69) is 35.6 Å². The molecule has 1 aromatic rings. The fraction of sp³-hybridized carbons (Fsp3) is 0.765. The third-order valence-electron chi connectivity index (χ3n) is 3.51. The van der Waals surface area contributed by atoms with Crippen LogP contribution in [0.15, 0.2) is 12.5 Å². The van der Waals surface area contributed by atoms with Crippen LogP contribution < -0.4 is 5.32 Å². The zero-order valence-electron chi connectivity index (χ0n) is 15.3. The van der Waals surface area contributed by atoms with Crippen molar-refractivity contribution in [1.82, 2.24) is 14.9 Å². The van der Waals surface area contributed by atoms with Crippen LogP contribution >= 0.6 is 11.8 Å². The molecular formula is C17H31N3O2S. The van der Waals surface area contributed by atoms with Gasteiger partial charge in [0.15, 0.2) is 0 Å². The van der Waals surface area contributed by atoms with Crippen molar-refractivity contribution in [2.75, 3.05) is 11.5 Å². The van der Waals surface area contributed by atoms with E-state index < -0.39 is 5.60 Å². The van der Waals surface area contributed by atoms with Crippen LogP contribution in [0.4, 0.5) is 4.79 Å². The molecule has 0 radical (unpaired) electrons. The maximum atomic E-state index is 12.0. The molecular weight excluding hydrogens is 310 g/mol. The third kappa shape index (κ3) is 6.85. The van der Waals surface area contributed by atoms with Crippen LogP contribution in [0.25, 0.3) is 0 Å². The minimum atomic E-state index is -0.493. The van der Waals surface area contributed by atoms with Crippen molar-refractivity contribution in [1.29, 1.82) is 0 Å². The van der Waals surface area contributed by atoms with Crippen molar-refractivity contribution < 1.29 is 9.53 Å². The molecule has 0 aliphatic carbocycles. The second-order valence-electron chi connectivity index (χ2n) is 6.67. The summed E-state index contributed by atoms with van der Waals surface area (Å²) < 4.78 is 7.53. The predicted molar refractivity (Wildman–Crippen MR) is 97.0 cm³/mol. The minimum absolute atomic E-state index is 0.0892. The summed E-state index contributed by atoms with van der Waals surface area (Å²) in [5.74, 6) is 2.27. The van der Waals surface area contributed by atoms with Crippen LogP contribution in [-0.4, -0.2) is 32.8 Å². The van der Waals surface area contributed by atoms with Crippen molar-refractivity contribution in [3.8, 4) is 0 Å². The molecule has 1 rings (SSSR count). The van der Waals surface area contributed by atoms with E-state index in [9.17, 15) is 4.79 Å². The van der Waals surface area contributed by atoms with Gasteiger partial charge < -0.3 is 14.6 Å². The van der Waals surface area contributed by atoms with Gasteiger partial charge in [-0.1, -0.05) is 13.8 Å². The normalized spacial score (nSPS) is 14.3. The molecule has 0 aromatic carbocycles. The number of nitrogens with zero attached hydrogens (tertiary/aromatic N) is 2. The van der Waals surface area contributed by atoms with Gasteiger partial charge >= 0.3 is 6.09 Å². The zero-order valence-corrected chi connectivity index (χ0v) is 16.1. The summed E-state index contributed by atoms with van der Waals surface area (Å²) in [5.41, 5.74) is 0.542. The Labute approximate surface area is 144 Å². The highest BCUT2D eigenvalue weighted by Gasteiger charge is 2.22. The second-order valence-corrected chi connectivity index (χ2v) is 8.06. The summed E-state index contributed by atoms with van der Waals surface area (Å²) in [6, 6.07) is 0.273. The van der Waals surface area contributed by atoms with E-state index >= 15 is 0 Å². The molecule has 1 heterocycles. The number of alkyl carbamates (subject to hydrolysis) is 1. The van der Waals surface area contributed by atoms with Gasteiger partial charge in [-0.15, -0.1) is 0 Å². The molecule has 0 saturated carbocycles. The van der Waals surface area contributed by atoms with Gasteiger partial charge in [0.25, 0.3) is 0 Å². The van der Waals surface area contributed by atoms with Gasteiger partial charge in [-0.05, 0) is 52.0 Å². The van der Waals surface area contributed by atoms with Gasteiger partial charge in [-0.25, -0.2) is 9.78 Å². The molecule has 5 nitrogen and oxygen atoms in total.